The molecule has 0 saturated carbocycles. The van der Waals surface area contributed by atoms with Crippen LogP contribution in [0.4, 0.5) is 10.8 Å². The number of ketones is 1. The molecule has 0 saturated heterocycles. The smallest absolute Gasteiger partial charge is 0.234 e. The van der Waals surface area contributed by atoms with E-state index in [1.165, 1.54) is 29.3 Å². The van der Waals surface area contributed by atoms with Gasteiger partial charge in [-0.1, -0.05) is 54.6 Å². The zero-order valence-corrected chi connectivity index (χ0v) is 23.4. The number of nitrogens with zero attached hydrogens (tertiary/aromatic N) is 6. The number of nitrogens with two attached hydrogens (primary N) is 1. The summed E-state index contributed by atoms with van der Waals surface area (Å²) in [5, 5.41) is 22.1. The topological polar surface area (TPSA) is 151 Å². The molecule has 0 aromatic carbocycles. The largest absolute Gasteiger partial charge is 0.384 e. The molecule has 1 unspecified atom stereocenters. The summed E-state index contributed by atoms with van der Waals surface area (Å²) in [6.07, 6.45) is 5.74. The third-order valence-electron chi connectivity index (χ3n) is 6.35. The van der Waals surface area contributed by atoms with E-state index < -0.39 is 5.92 Å². The van der Waals surface area contributed by atoms with Crippen molar-refractivity contribution in [2.24, 2.45) is 11.1 Å². The van der Waals surface area contributed by atoms with E-state index in [1.807, 2.05) is 19.9 Å². The second-order valence-corrected chi connectivity index (χ2v) is 12.3. The summed E-state index contributed by atoms with van der Waals surface area (Å²) in [7, 11) is 0. The maximum Gasteiger partial charge on any atom is 0.234 e. The molecule has 198 valence electrons. The number of hydrogen-bond donors (Lipinski definition) is 2. The highest BCUT2D eigenvalue weighted by Gasteiger charge is 2.45. The maximum atomic E-state index is 13.6. The van der Waals surface area contributed by atoms with E-state index in [9.17, 15) is 14.9 Å². The molecule has 1 aliphatic heterocycles. The monoisotopic (exact) mass is 578 g/mol. The van der Waals surface area contributed by atoms with Gasteiger partial charge in [0.2, 0.25) is 11.0 Å². The van der Waals surface area contributed by atoms with Crippen LogP contribution in [0.25, 0.3) is 0 Å². The minimum atomic E-state index is -0.608. The van der Waals surface area contributed by atoms with E-state index in [1.54, 1.807) is 35.5 Å². The van der Waals surface area contributed by atoms with Crippen LogP contribution in [0.5, 0.6) is 0 Å². The van der Waals surface area contributed by atoms with Gasteiger partial charge in [0.1, 0.15) is 5.82 Å². The molecule has 4 heterocycles. The van der Waals surface area contributed by atoms with Gasteiger partial charge in [-0.15, -0.1) is 10.2 Å². The van der Waals surface area contributed by atoms with Gasteiger partial charge in [0.15, 0.2) is 15.3 Å². The number of anilines is 2. The average Bonchev–Trinajstić information content (AvgIpc) is 3.36. The normalized spacial score (nSPS) is 18.6. The summed E-state index contributed by atoms with van der Waals surface area (Å²) in [6.45, 7) is 4.06. The van der Waals surface area contributed by atoms with Gasteiger partial charge in [-0.2, -0.15) is 5.26 Å². The third kappa shape index (κ3) is 5.38. The first kappa shape index (κ1) is 26.8. The van der Waals surface area contributed by atoms with Crippen molar-refractivity contribution in [3.8, 4) is 6.07 Å². The van der Waals surface area contributed by atoms with Crippen LogP contribution >= 0.6 is 34.7 Å². The lowest BCUT2D eigenvalue weighted by Crippen LogP contribution is -2.42. The van der Waals surface area contributed by atoms with Crippen LogP contribution in [0.2, 0.25) is 5.15 Å². The molecule has 39 heavy (non-hydrogen) atoms. The van der Waals surface area contributed by atoms with Crippen LogP contribution in [0.15, 0.2) is 69.9 Å². The Bertz CT molecular complexity index is 1560. The molecular formula is C26H23ClN8O2S2. The molecule has 5 rings (SSSR count). The third-order valence-corrected chi connectivity index (χ3v) is 8.69. The second-order valence-electron chi connectivity index (χ2n) is 9.80. The quantitative estimate of drug-likeness (QED) is 0.312. The summed E-state index contributed by atoms with van der Waals surface area (Å²) in [6, 6.07) is 9.19. The standard InChI is InChI=1S/C26H23ClN8O2S2/c1-26(2)9-17-21(18(36)10-26)20(14-5-3-7-30-12-14)15(11-28)23(29)35(17)24-33-34-25(39-24)38-13-19(37)32-16-6-4-8-31-22(16)27/h3-8,12,20H,9-10,13,29H2,1-2H3,(H,32,37). The van der Waals surface area contributed by atoms with Crippen LogP contribution in [0.1, 0.15) is 38.2 Å². The Labute approximate surface area is 238 Å². The average molecular weight is 579 g/mol. The fourth-order valence-electron chi connectivity index (χ4n) is 4.75. The number of pyridine rings is 2. The van der Waals surface area contributed by atoms with E-state index in [2.05, 4.69) is 31.6 Å². The van der Waals surface area contributed by atoms with Gasteiger partial charge in [0, 0.05) is 36.3 Å². The van der Waals surface area contributed by atoms with Crippen molar-refractivity contribution < 1.29 is 9.59 Å². The van der Waals surface area contributed by atoms with Crippen LogP contribution in [0.3, 0.4) is 0 Å². The first-order valence-corrected chi connectivity index (χ1v) is 14.1. The highest BCUT2D eigenvalue weighted by molar-refractivity contribution is 8.01. The Morgan fingerprint density at radius 2 is 2.10 bits per heavy atom. The molecule has 3 aromatic heterocycles. The first-order valence-electron chi connectivity index (χ1n) is 11.9. The number of halogens is 1. The number of rotatable bonds is 6. The number of thioether (sulfide) groups is 1. The van der Waals surface area contributed by atoms with Crippen molar-refractivity contribution in [2.45, 2.75) is 36.9 Å². The van der Waals surface area contributed by atoms with Crippen molar-refractivity contribution in [3.63, 3.8) is 0 Å². The van der Waals surface area contributed by atoms with Gasteiger partial charge >= 0.3 is 0 Å². The van der Waals surface area contributed by atoms with Gasteiger partial charge in [-0.25, -0.2) is 4.98 Å². The molecule has 0 fully saturated rings. The Kier molecular flexibility index (Phi) is 7.40. The summed E-state index contributed by atoms with van der Waals surface area (Å²) in [4.78, 5) is 35.8. The number of allylic oxidation sites excluding steroid dienone is 3. The Morgan fingerprint density at radius 1 is 1.31 bits per heavy atom. The van der Waals surface area contributed by atoms with E-state index in [4.69, 9.17) is 17.3 Å². The van der Waals surface area contributed by atoms with Gasteiger partial charge in [-0.05, 0) is 35.6 Å². The fraction of sp³-hybridized carbons (Fsp3) is 0.269. The van der Waals surface area contributed by atoms with E-state index in [-0.39, 0.29) is 39.4 Å². The number of carbonyl (C=O) groups is 2. The SMILES string of the molecule is CC1(C)CC(=O)C2=C(C1)N(c1nnc(SCC(=O)Nc3cccnc3Cl)s1)C(N)=C(C#N)C2c1cccnc1. The molecule has 1 atom stereocenters. The number of amides is 1. The van der Waals surface area contributed by atoms with Gasteiger partial charge in [0.05, 0.1) is 29.0 Å². The highest BCUT2D eigenvalue weighted by Crippen LogP contribution is 2.50. The Balaban J connectivity index is 1.46. The predicted octanol–water partition coefficient (Wildman–Crippen LogP) is 4.65. The molecule has 3 aromatic rings. The van der Waals surface area contributed by atoms with Crippen molar-refractivity contribution in [3.05, 3.63) is 76.2 Å². The summed E-state index contributed by atoms with van der Waals surface area (Å²) >= 11 is 8.45. The first-order chi connectivity index (χ1) is 18.7. The van der Waals surface area contributed by atoms with Crippen molar-refractivity contribution >= 4 is 57.2 Å². The lowest BCUT2D eigenvalue weighted by Gasteiger charge is -2.42. The molecule has 0 bridgehead atoms. The number of aromatic nitrogens is 4. The van der Waals surface area contributed by atoms with Crippen molar-refractivity contribution in [2.75, 3.05) is 16.0 Å². The van der Waals surface area contributed by atoms with E-state index in [0.717, 1.165) is 5.56 Å². The molecule has 2 aliphatic rings. The molecule has 3 N–H and O–H groups in total. The van der Waals surface area contributed by atoms with Crippen LogP contribution in [0, 0.1) is 16.7 Å². The molecule has 1 aliphatic carbocycles. The molecule has 0 radical (unpaired) electrons. The summed E-state index contributed by atoms with van der Waals surface area (Å²) < 4.78 is 0.529. The molecule has 0 spiro atoms. The lowest BCUT2D eigenvalue weighted by molar-refractivity contribution is -0.118. The lowest BCUT2D eigenvalue weighted by atomic mass is 9.69. The van der Waals surface area contributed by atoms with Crippen molar-refractivity contribution in [1.82, 2.24) is 20.2 Å². The van der Waals surface area contributed by atoms with Crippen LogP contribution < -0.4 is 16.0 Å². The molecule has 1 amide bonds. The fourth-order valence-corrected chi connectivity index (χ4v) is 6.60. The van der Waals surface area contributed by atoms with Crippen molar-refractivity contribution in [1.29, 1.82) is 5.26 Å². The number of nitriles is 1. The number of hydrogen-bond acceptors (Lipinski definition) is 11. The predicted molar refractivity (Wildman–Crippen MR) is 150 cm³/mol. The number of Topliss-reactive ketones (excluding diaryl/α,β-unsaturated/α-hetero) is 1. The maximum absolute atomic E-state index is 13.6. The van der Waals surface area contributed by atoms with Gasteiger partial charge in [-0.3, -0.25) is 19.5 Å². The summed E-state index contributed by atoms with van der Waals surface area (Å²) in [5.41, 5.74) is 8.96. The second kappa shape index (κ2) is 10.8. The number of carbonyl (C=O) groups excluding carboxylic acids is 2. The molecule has 13 heteroatoms. The zero-order valence-electron chi connectivity index (χ0n) is 21.0. The van der Waals surface area contributed by atoms with E-state index in [0.29, 0.717) is 39.3 Å². The zero-order chi connectivity index (χ0) is 27.7. The summed E-state index contributed by atoms with van der Waals surface area (Å²) in [5.74, 6) is -0.655. The number of nitrogens with one attached hydrogen (secondary N) is 1. The minimum Gasteiger partial charge on any atom is -0.384 e. The van der Waals surface area contributed by atoms with Crippen LogP contribution in [-0.2, 0) is 9.59 Å². The minimum absolute atomic E-state index is 0.0369. The Hall–Kier alpha value is -3.79. The van der Waals surface area contributed by atoms with Gasteiger partial charge < -0.3 is 11.1 Å². The highest BCUT2D eigenvalue weighted by atomic mass is 35.5. The van der Waals surface area contributed by atoms with E-state index >= 15 is 0 Å². The molecule has 10 nitrogen and oxygen atoms in total. The Morgan fingerprint density at radius 3 is 2.82 bits per heavy atom. The molecular weight excluding hydrogens is 556 g/mol. The van der Waals surface area contributed by atoms with Crippen LogP contribution in [-0.4, -0.2) is 37.6 Å². The van der Waals surface area contributed by atoms with Gasteiger partial charge in [0.25, 0.3) is 0 Å².